The van der Waals surface area contributed by atoms with Crippen LogP contribution in [-0.4, -0.2) is 52.1 Å². The lowest BCUT2D eigenvalue weighted by Gasteiger charge is -2.34. The molecule has 2 N–H and O–H groups in total. The van der Waals surface area contributed by atoms with Crippen LogP contribution < -0.4 is 15.5 Å². The van der Waals surface area contributed by atoms with Gasteiger partial charge in [-0.25, -0.2) is 19.2 Å². The highest BCUT2D eigenvalue weighted by Gasteiger charge is 2.52. The average Bonchev–Trinajstić information content (AvgIpc) is 3.85. The van der Waals surface area contributed by atoms with E-state index in [1.807, 2.05) is 30.3 Å². The van der Waals surface area contributed by atoms with Crippen molar-refractivity contribution in [3.8, 4) is 11.4 Å². The molecule has 0 bridgehead atoms. The van der Waals surface area contributed by atoms with Gasteiger partial charge in [0, 0.05) is 34.8 Å². The second-order valence-corrected chi connectivity index (χ2v) is 12.0. The number of hydrogen-bond donors (Lipinski definition) is 2. The third-order valence-corrected chi connectivity index (χ3v) is 9.27. The summed E-state index contributed by atoms with van der Waals surface area (Å²) in [6, 6.07) is 15.5. The lowest BCUT2D eigenvalue weighted by molar-refractivity contribution is 0.0985. The molecule has 6 rings (SSSR count). The Morgan fingerprint density at radius 2 is 1.84 bits per heavy atom. The van der Waals surface area contributed by atoms with Gasteiger partial charge in [-0.15, -0.1) is 0 Å². The van der Waals surface area contributed by atoms with Gasteiger partial charge in [0.15, 0.2) is 5.82 Å². The fraction of sp³-hybridized carbons (Fsp3) is 0.393. The van der Waals surface area contributed by atoms with Crippen LogP contribution in [0.25, 0.3) is 11.4 Å². The van der Waals surface area contributed by atoms with Crippen LogP contribution in [0.2, 0.25) is 0 Å². The van der Waals surface area contributed by atoms with Crippen LogP contribution in [0.5, 0.6) is 0 Å². The third-order valence-electron chi connectivity index (χ3n) is 7.24. The van der Waals surface area contributed by atoms with Crippen molar-refractivity contribution in [3.05, 3.63) is 66.1 Å². The van der Waals surface area contributed by atoms with E-state index in [4.69, 9.17) is 14.7 Å². The average molecular weight is 536 g/mol. The summed E-state index contributed by atoms with van der Waals surface area (Å²) in [6.07, 6.45) is 3.50. The number of aromatic nitrogens is 2. The smallest absolute Gasteiger partial charge is 0.319 e. The monoisotopic (exact) mass is 535 g/mol. The number of halogens is 1. The maximum absolute atomic E-state index is 13.7. The Labute approximate surface area is 223 Å². The number of anilines is 2. The molecule has 2 atom stereocenters. The van der Waals surface area contributed by atoms with Gasteiger partial charge in [-0.1, -0.05) is 0 Å². The molecule has 2 aliphatic carbocycles. The molecule has 8 nitrogen and oxygen atoms in total. The number of ether oxygens (including phenoxy) is 1. The molecule has 1 unspecified atom stereocenters. The van der Waals surface area contributed by atoms with E-state index in [-0.39, 0.29) is 23.9 Å². The maximum atomic E-state index is 13.7. The lowest BCUT2D eigenvalue weighted by atomic mass is 10.1. The summed E-state index contributed by atoms with van der Waals surface area (Å²) in [5.74, 6) is 0.952. The molecule has 0 radical (unpaired) electrons. The summed E-state index contributed by atoms with van der Waals surface area (Å²) in [4.78, 5) is 24.7. The topological polar surface area (TPSA) is 96.5 Å². The summed E-state index contributed by atoms with van der Waals surface area (Å²) < 4.78 is 32.2. The number of urea groups is 1. The van der Waals surface area contributed by atoms with Crippen LogP contribution in [0.3, 0.4) is 0 Å². The number of carbonyl (C=O) groups excluding carboxylic acids is 1. The van der Waals surface area contributed by atoms with Crippen LogP contribution in [0.4, 0.5) is 20.7 Å². The van der Waals surface area contributed by atoms with Gasteiger partial charge in [0.2, 0.25) is 0 Å². The Bertz CT molecular complexity index is 1360. The SMILES string of the molecule is C[C@H]1COCCN1c1cc(C2(S(=O)c3ccc(F)cc3)CC2)nc(-c2ccc(NC(=O)NC3CC3)cc2)n1. The molecule has 2 saturated carbocycles. The first kappa shape index (κ1) is 24.9. The molecular weight excluding hydrogens is 505 g/mol. The van der Waals surface area contributed by atoms with Crippen LogP contribution in [0.15, 0.2) is 59.5 Å². The van der Waals surface area contributed by atoms with E-state index in [1.165, 1.54) is 12.1 Å². The zero-order valence-corrected chi connectivity index (χ0v) is 22.0. The minimum atomic E-state index is -1.39. The summed E-state index contributed by atoms with van der Waals surface area (Å²) in [6.45, 7) is 4.00. The second-order valence-electron chi connectivity index (χ2n) is 10.2. The highest BCUT2D eigenvalue weighted by molar-refractivity contribution is 7.86. The van der Waals surface area contributed by atoms with Crippen LogP contribution in [-0.2, 0) is 20.3 Å². The van der Waals surface area contributed by atoms with E-state index in [9.17, 15) is 13.4 Å². The van der Waals surface area contributed by atoms with Gasteiger partial charge in [-0.2, -0.15) is 0 Å². The van der Waals surface area contributed by atoms with Crippen molar-refractivity contribution < 1.29 is 18.1 Å². The molecule has 1 saturated heterocycles. The van der Waals surface area contributed by atoms with Crippen molar-refractivity contribution >= 4 is 28.3 Å². The summed E-state index contributed by atoms with van der Waals surface area (Å²) in [5.41, 5.74) is 2.21. The Balaban J connectivity index is 1.34. The standard InChI is InChI=1S/C28H30FN5O3S/c1-18-17-37-15-14-34(18)25-16-24(28(12-13-28)38(36)23-10-4-20(29)5-11-23)32-26(33-25)19-2-6-21(7-3-19)30-27(35)31-22-8-9-22/h2-7,10-11,16,18,22H,8-9,12-15,17H2,1H3,(H2,30,31,35)/t18-,38?/m0/s1. The van der Waals surface area contributed by atoms with Gasteiger partial charge in [0.05, 0.1) is 40.5 Å². The van der Waals surface area contributed by atoms with Crippen molar-refractivity contribution in [2.75, 3.05) is 30.0 Å². The summed E-state index contributed by atoms with van der Waals surface area (Å²) in [5, 5.41) is 5.78. The van der Waals surface area contributed by atoms with E-state index < -0.39 is 15.5 Å². The van der Waals surface area contributed by atoms with E-state index in [0.717, 1.165) is 42.8 Å². The van der Waals surface area contributed by atoms with Crippen LogP contribution >= 0.6 is 0 Å². The predicted octanol–water partition coefficient (Wildman–Crippen LogP) is 4.59. The minimum Gasteiger partial charge on any atom is -0.377 e. The van der Waals surface area contributed by atoms with Crippen LogP contribution in [0.1, 0.15) is 38.3 Å². The molecule has 2 heterocycles. The van der Waals surface area contributed by atoms with E-state index in [1.54, 1.807) is 12.1 Å². The van der Waals surface area contributed by atoms with Crippen molar-refractivity contribution in [3.63, 3.8) is 0 Å². The van der Waals surface area contributed by atoms with Crippen molar-refractivity contribution in [2.24, 2.45) is 0 Å². The number of morpholine rings is 1. The molecule has 2 aromatic carbocycles. The minimum absolute atomic E-state index is 0.133. The fourth-order valence-corrected chi connectivity index (χ4v) is 6.33. The Kier molecular flexibility index (Phi) is 6.61. The van der Waals surface area contributed by atoms with E-state index in [2.05, 4.69) is 22.5 Å². The maximum Gasteiger partial charge on any atom is 0.319 e. The number of hydrogen-bond acceptors (Lipinski definition) is 6. The lowest BCUT2D eigenvalue weighted by Crippen LogP contribution is -2.44. The van der Waals surface area contributed by atoms with Gasteiger partial charge >= 0.3 is 6.03 Å². The fourth-order valence-electron chi connectivity index (χ4n) is 4.73. The molecule has 10 heteroatoms. The number of rotatable bonds is 7. The molecule has 3 fully saturated rings. The zero-order valence-electron chi connectivity index (χ0n) is 21.2. The molecule has 3 aliphatic rings. The van der Waals surface area contributed by atoms with Crippen molar-refractivity contribution in [2.45, 2.75) is 54.3 Å². The molecule has 38 heavy (non-hydrogen) atoms. The first-order valence-corrected chi connectivity index (χ1v) is 14.2. The van der Waals surface area contributed by atoms with Gasteiger partial charge in [0.1, 0.15) is 11.6 Å². The number of nitrogens with zero attached hydrogens (tertiary/aromatic N) is 3. The number of carbonyl (C=O) groups is 1. The molecule has 0 spiro atoms. The van der Waals surface area contributed by atoms with Gasteiger partial charge < -0.3 is 20.3 Å². The third kappa shape index (κ3) is 5.15. The van der Waals surface area contributed by atoms with E-state index >= 15 is 0 Å². The van der Waals surface area contributed by atoms with Crippen molar-refractivity contribution in [1.29, 1.82) is 0 Å². The molecule has 198 valence electrons. The molecular formula is C28H30FN5O3S. The Hall–Kier alpha value is -3.37. The quantitative estimate of drug-likeness (QED) is 0.460. The highest BCUT2D eigenvalue weighted by atomic mass is 32.2. The first-order chi connectivity index (χ1) is 18.4. The van der Waals surface area contributed by atoms with Gasteiger partial charge in [0.25, 0.3) is 0 Å². The Morgan fingerprint density at radius 3 is 2.50 bits per heavy atom. The summed E-state index contributed by atoms with van der Waals surface area (Å²) >= 11 is 0. The normalized spacial score (nSPS) is 21.0. The zero-order chi connectivity index (χ0) is 26.3. The second kappa shape index (κ2) is 10.1. The summed E-state index contributed by atoms with van der Waals surface area (Å²) in [7, 11) is -1.39. The van der Waals surface area contributed by atoms with Crippen LogP contribution in [0, 0.1) is 5.82 Å². The van der Waals surface area contributed by atoms with Crippen molar-refractivity contribution in [1.82, 2.24) is 15.3 Å². The number of nitrogens with one attached hydrogen (secondary N) is 2. The van der Waals surface area contributed by atoms with Gasteiger partial charge in [-0.3, -0.25) is 4.21 Å². The van der Waals surface area contributed by atoms with E-state index in [0.29, 0.717) is 36.2 Å². The molecule has 1 aromatic heterocycles. The molecule has 3 aromatic rings. The first-order valence-electron chi connectivity index (χ1n) is 13.0. The molecule has 1 aliphatic heterocycles. The molecule has 2 amide bonds. The number of amides is 2. The number of benzene rings is 2. The Morgan fingerprint density at radius 1 is 1.11 bits per heavy atom. The predicted molar refractivity (Wildman–Crippen MR) is 144 cm³/mol. The largest absolute Gasteiger partial charge is 0.377 e. The highest BCUT2D eigenvalue weighted by Crippen LogP contribution is 2.53. The van der Waals surface area contributed by atoms with Gasteiger partial charge in [-0.05, 0) is 81.1 Å².